The van der Waals surface area contributed by atoms with E-state index in [4.69, 9.17) is 21.1 Å². The summed E-state index contributed by atoms with van der Waals surface area (Å²) in [6, 6.07) is 5.31. The molecule has 2 rings (SSSR count). The number of ether oxygens (including phenoxy) is 2. The van der Waals surface area contributed by atoms with Gasteiger partial charge in [0, 0.05) is 23.9 Å². The highest BCUT2D eigenvalue weighted by atomic mass is 35.5. The van der Waals surface area contributed by atoms with E-state index in [1.54, 1.807) is 0 Å². The summed E-state index contributed by atoms with van der Waals surface area (Å²) in [5.41, 5.74) is 0.398. The highest BCUT2D eigenvalue weighted by molar-refractivity contribution is 6.32. The fraction of sp³-hybridized carbons (Fsp3) is 0.133. The first-order chi connectivity index (χ1) is 10.9. The van der Waals surface area contributed by atoms with Crippen LogP contribution in [0.1, 0.15) is 0 Å². The zero-order chi connectivity index (χ0) is 17.0. The van der Waals surface area contributed by atoms with Gasteiger partial charge in [-0.2, -0.15) is 0 Å². The van der Waals surface area contributed by atoms with Crippen LogP contribution < -0.4 is 20.1 Å². The van der Waals surface area contributed by atoms with Gasteiger partial charge in [-0.1, -0.05) is 11.6 Å². The Bertz CT molecular complexity index is 741. The summed E-state index contributed by atoms with van der Waals surface area (Å²) in [5, 5.41) is 5.21. The Kier molecular flexibility index (Phi) is 5.23. The molecule has 23 heavy (non-hydrogen) atoms. The van der Waals surface area contributed by atoms with Crippen molar-refractivity contribution >= 4 is 29.0 Å². The summed E-state index contributed by atoms with van der Waals surface area (Å²) in [6.07, 6.45) is 0. The zero-order valence-electron chi connectivity index (χ0n) is 12.2. The van der Waals surface area contributed by atoms with E-state index in [0.717, 1.165) is 12.1 Å². The average molecular weight is 343 g/mol. The molecule has 0 radical (unpaired) electrons. The van der Waals surface area contributed by atoms with Gasteiger partial charge >= 0.3 is 6.03 Å². The number of halogens is 3. The molecule has 0 spiro atoms. The molecule has 0 unspecified atom stereocenters. The summed E-state index contributed by atoms with van der Waals surface area (Å²) >= 11 is 5.97. The number of amides is 2. The lowest BCUT2D eigenvalue weighted by Crippen LogP contribution is -2.20. The van der Waals surface area contributed by atoms with E-state index < -0.39 is 17.7 Å². The van der Waals surface area contributed by atoms with Gasteiger partial charge < -0.3 is 20.1 Å². The third kappa shape index (κ3) is 4.01. The lowest BCUT2D eigenvalue weighted by atomic mass is 10.2. The first-order valence-electron chi connectivity index (χ1n) is 6.39. The van der Waals surface area contributed by atoms with Crippen molar-refractivity contribution in [3.63, 3.8) is 0 Å². The second-order valence-corrected chi connectivity index (χ2v) is 4.80. The molecule has 2 aromatic rings. The van der Waals surface area contributed by atoms with Crippen LogP contribution in [0.3, 0.4) is 0 Å². The van der Waals surface area contributed by atoms with Gasteiger partial charge in [-0.15, -0.1) is 0 Å². The van der Waals surface area contributed by atoms with E-state index >= 15 is 0 Å². The third-order valence-corrected chi connectivity index (χ3v) is 3.19. The number of carbonyl (C=O) groups is 1. The second kappa shape index (κ2) is 7.15. The monoisotopic (exact) mass is 342 g/mol. The van der Waals surface area contributed by atoms with E-state index in [9.17, 15) is 13.6 Å². The van der Waals surface area contributed by atoms with Crippen LogP contribution in [0.4, 0.5) is 25.0 Å². The molecule has 0 aliphatic heterocycles. The van der Waals surface area contributed by atoms with E-state index in [-0.39, 0.29) is 5.69 Å². The molecule has 2 N–H and O–H groups in total. The van der Waals surface area contributed by atoms with Crippen molar-refractivity contribution in [2.24, 2.45) is 0 Å². The Hall–Kier alpha value is -2.54. The van der Waals surface area contributed by atoms with Crippen molar-refractivity contribution in [3.8, 4) is 11.5 Å². The van der Waals surface area contributed by atoms with Gasteiger partial charge in [-0.25, -0.2) is 13.6 Å². The Morgan fingerprint density at radius 2 is 1.70 bits per heavy atom. The second-order valence-electron chi connectivity index (χ2n) is 4.40. The van der Waals surface area contributed by atoms with Crippen LogP contribution in [0.25, 0.3) is 0 Å². The largest absolute Gasteiger partial charge is 0.495 e. The van der Waals surface area contributed by atoms with Gasteiger partial charge in [-0.05, 0) is 12.1 Å². The number of carbonyl (C=O) groups excluding carboxylic acids is 1. The van der Waals surface area contributed by atoms with Crippen LogP contribution in [0.5, 0.6) is 11.5 Å². The lowest BCUT2D eigenvalue weighted by Gasteiger charge is -2.13. The van der Waals surface area contributed by atoms with Gasteiger partial charge in [0.15, 0.2) is 11.6 Å². The maximum absolute atomic E-state index is 13.1. The van der Waals surface area contributed by atoms with E-state index in [0.29, 0.717) is 22.2 Å². The molecule has 0 bridgehead atoms. The molecule has 0 aliphatic carbocycles. The molecule has 5 nitrogen and oxygen atoms in total. The normalized spacial score (nSPS) is 10.1. The molecule has 0 saturated carbocycles. The smallest absolute Gasteiger partial charge is 0.323 e. The molecule has 0 atom stereocenters. The molecule has 122 valence electrons. The van der Waals surface area contributed by atoms with Crippen LogP contribution in [0.15, 0.2) is 30.3 Å². The number of rotatable bonds is 4. The van der Waals surface area contributed by atoms with Crippen molar-refractivity contribution in [1.82, 2.24) is 0 Å². The number of anilines is 2. The third-order valence-electron chi connectivity index (χ3n) is 2.90. The standard InChI is InChI=1S/C15H13ClF2N2O3/c1-22-13-7-12(14(23-2)6-9(13)16)20-15(21)19-8-3-4-10(17)11(18)5-8/h3-7H,1-2H3,(H2,19,20,21). The molecular formula is C15H13ClF2N2O3. The van der Waals surface area contributed by atoms with Gasteiger partial charge in [0.25, 0.3) is 0 Å². The number of methoxy groups -OCH3 is 2. The molecule has 2 aromatic carbocycles. The van der Waals surface area contributed by atoms with E-state index in [2.05, 4.69) is 10.6 Å². The number of urea groups is 1. The summed E-state index contributed by atoms with van der Waals surface area (Å²) in [6.45, 7) is 0. The Balaban J connectivity index is 2.17. The SMILES string of the molecule is COc1cc(NC(=O)Nc2ccc(F)c(F)c2)c(OC)cc1Cl. The predicted molar refractivity (Wildman–Crippen MR) is 83.6 cm³/mol. The van der Waals surface area contributed by atoms with Crippen molar-refractivity contribution in [1.29, 1.82) is 0 Å². The fourth-order valence-corrected chi connectivity index (χ4v) is 2.05. The quantitative estimate of drug-likeness (QED) is 0.872. The summed E-state index contributed by atoms with van der Waals surface area (Å²) in [7, 11) is 2.84. The minimum Gasteiger partial charge on any atom is -0.495 e. The minimum absolute atomic E-state index is 0.0984. The van der Waals surface area contributed by atoms with Gasteiger partial charge in [0.1, 0.15) is 11.5 Å². The molecule has 0 aliphatic rings. The highest BCUT2D eigenvalue weighted by Gasteiger charge is 2.13. The highest BCUT2D eigenvalue weighted by Crippen LogP contribution is 2.35. The van der Waals surface area contributed by atoms with Crippen LogP contribution in [-0.2, 0) is 0 Å². The summed E-state index contributed by atoms with van der Waals surface area (Å²) in [5.74, 6) is -1.40. The van der Waals surface area contributed by atoms with E-state index in [1.807, 2.05) is 0 Å². The topological polar surface area (TPSA) is 59.6 Å². The van der Waals surface area contributed by atoms with Gasteiger partial charge in [0.05, 0.1) is 24.9 Å². The molecule has 0 aromatic heterocycles. The number of benzene rings is 2. The van der Waals surface area contributed by atoms with Gasteiger partial charge in [-0.3, -0.25) is 0 Å². The summed E-state index contributed by atoms with van der Waals surface area (Å²) < 4.78 is 36.2. The van der Waals surface area contributed by atoms with Crippen molar-refractivity contribution in [2.75, 3.05) is 24.9 Å². The molecule has 0 saturated heterocycles. The van der Waals surface area contributed by atoms with Gasteiger partial charge in [0.2, 0.25) is 0 Å². The van der Waals surface area contributed by atoms with Crippen molar-refractivity contribution in [3.05, 3.63) is 47.0 Å². The maximum Gasteiger partial charge on any atom is 0.323 e. The molecule has 2 amide bonds. The van der Waals surface area contributed by atoms with Crippen molar-refractivity contribution in [2.45, 2.75) is 0 Å². The van der Waals surface area contributed by atoms with Crippen LogP contribution in [0, 0.1) is 11.6 Å². The Labute approximate surface area is 136 Å². The maximum atomic E-state index is 13.1. The molecule has 0 fully saturated rings. The van der Waals surface area contributed by atoms with E-state index in [1.165, 1.54) is 32.4 Å². The van der Waals surface area contributed by atoms with Crippen molar-refractivity contribution < 1.29 is 23.0 Å². The number of hydrogen-bond donors (Lipinski definition) is 2. The molecule has 0 heterocycles. The average Bonchev–Trinajstić information content (AvgIpc) is 2.52. The van der Waals surface area contributed by atoms with Crippen LogP contribution >= 0.6 is 11.6 Å². The Morgan fingerprint density at radius 1 is 1.00 bits per heavy atom. The molecular weight excluding hydrogens is 330 g/mol. The number of hydrogen-bond acceptors (Lipinski definition) is 3. The summed E-state index contributed by atoms with van der Waals surface area (Å²) in [4.78, 5) is 12.0. The fourth-order valence-electron chi connectivity index (χ4n) is 1.82. The number of nitrogens with one attached hydrogen (secondary N) is 2. The molecule has 8 heteroatoms. The van der Waals surface area contributed by atoms with Crippen LogP contribution in [-0.4, -0.2) is 20.3 Å². The lowest BCUT2D eigenvalue weighted by molar-refractivity contribution is 0.262. The van der Waals surface area contributed by atoms with Crippen LogP contribution in [0.2, 0.25) is 5.02 Å². The first kappa shape index (κ1) is 16.8. The zero-order valence-corrected chi connectivity index (χ0v) is 13.0. The first-order valence-corrected chi connectivity index (χ1v) is 6.77. The predicted octanol–water partition coefficient (Wildman–Crippen LogP) is 4.28. The minimum atomic E-state index is -1.06. The Morgan fingerprint density at radius 3 is 2.30 bits per heavy atom.